The molecule has 5 nitrogen and oxygen atoms in total. The lowest BCUT2D eigenvalue weighted by Gasteiger charge is -2.06. The van der Waals surface area contributed by atoms with Crippen LogP contribution in [0.1, 0.15) is 16.3 Å². The van der Waals surface area contributed by atoms with Crippen LogP contribution in [0.25, 0.3) is 0 Å². The molecule has 0 amide bonds. The monoisotopic (exact) mass is 296 g/mol. The van der Waals surface area contributed by atoms with Crippen molar-refractivity contribution in [2.75, 3.05) is 6.61 Å². The highest BCUT2D eigenvalue weighted by Crippen LogP contribution is 2.15. The number of aromatic nitrogens is 2. The predicted octanol–water partition coefficient (Wildman–Crippen LogP) is 2.59. The Morgan fingerprint density at radius 2 is 2.10 bits per heavy atom. The van der Waals surface area contributed by atoms with Gasteiger partial charge in [-0.2, -0.15) is 0 Å². The van der Waals surface area contributed by atoms with Gasteiger partial charge in [0.2, 0.25) is 0 Å². The van der Waals surface area contributed by atoms with E-state index in [1.807, 2.05) is 0 Å². The zero-order chi connectivity index (χ0) is 14.5. The van der Waals surface area contributed by atoms with E-state index in [0.717, 1.165) is 6.07 Å². The van der Waals surface area contributed by atoms with Crippen molar-refractivity contribution in [1.82, 2.24) is 9.97 Å². The van der Waals surface area contributed by atoms with Crippen LogP contribution in [0, 0.1) is 5.82 Å². The number of hydrogen-bond donors (Lipinski definition) is 1. The van der Waals surface area contributed by atoms with Gasteiger partial charge in [0.25, 0.3) is 0 Å². The number of nitrogens with zero attached hydrogens (tertiary/aromatic N) is 2. The number of rotatable bonds is 5. The van der Waals surface area contributed by atoms with Crippen LogP contribution < -0.4 is 4.74 Å². The lowest BCUT2D eigenvalue weighted by Crippen LogP contribution is -2.09. The fourth-order valence-electron chi connectivity index (χ4n) is 1.50. The molecule has 2 rings (SSSR count). The average Bonchev–Trinajstić information content (AvgIpc) is 2.40. The third-order valence-corrected chi connectivity index (χ3v) is 2.57. The Labute approximate surface area is 119 Å². The summed E-state index contributed by atoms with van der Waals surface area (Å²) in [6.07, 6.45) is 0.217. The Morgan fingerprint density at radius 3 is 2.80 bits per heavy atom. The summed E-state index contributed by atoms with van der Waals surface area (Å²) in [4.78, 5) is 18.5. The molecular weight excluding hydrogens is 287 g/mol. The number of carboxylic acid groups (broad SMARTS) is 1. The molecule has 0 unspecified atom stereocenters. The van der Waals surface area contributed by atoms with Gasteiger partial charge in [-0.3, -0.25) is 0 Å². The average molecular weight is 297 g/mol. The van der Waals surface area contributed by atoms with E-state index >= 15 is 0 Å². The first-order valence-electron chi connectivity index (χ1n) is 5.70. The van der Waals surface area contributed by atoms with Gasteiger partial charge in [-0.25, -0.2) is 19.2 Å². The van der Waals surface area contributed by atoms with Gasteiger partial charge >= 0.3 is 5.97 Å². The Hall–Kier alpha value is -2.21. The summed E-state index contributed by atoms with van der Waals surface area (Å²) >= 11 is 5.70. The van der Waals surface area contributed by atoms with Crippen molar-refractivity contribution in [2.24, 2.45) is 0 Å². The van der Waals surface area contributed by atoms with Gasteiger partial charge < -0.3 is 9.84 Å². The smallest absolute Gasteiger partial charge is 0.354 e. The molecule has 2 aromatic rings. The zero-order valence-electron chi connectivity index (χ0n) is 10.2. The highest BCUT2D eigenvalue weighted by atomic mass is 35.5. The maximum atomic E-state index is 13.3. The fraction of sp³-hybridized carbons (Fsp3) is 0.154. The summed E-state index contributed by atoms with van der Waals surface area (Å²) < 4.78 is 18.5. The number of carboxylic acids is 1. The van der Waals surface area contributed by atoms with Gasteiger partial charge in [-0.1, -0.05) is 23.7 Å². The van der Waals surface area contributed by atoms with Crippen molar-refractivity contribution in [1.29, 1.82) is 0 Å². The Kier molecular flexibility index (Phi) is 4.47. The quantitative estimate of drug-likeness (QED) is 0.859. The van der Waals surface area contributed by atoms with Crippen LogP contribution in [0.2, 0.25) is 5.15 Å². The number of halogens is 2. The molecule has 0 aliphatic heterocycles. The van der Waals surface area contributed by atoms with Gasteiger partial charge in [0.05, 0.1) is 6.61 Å². The molecule has 1 N–H and O–H groups in total. The van der Waals surface area contributed by atoms with E-state index in [2.05, 4.69) is 9.97 Å². The van der Waals surface area contributed by atoms with Crippen molar-refractivity contribution in [2.45, 2.75) is 6.42 Å². The summed E-state index contributed by atoms with van der Waals surface area (Å²) in [6.45, 7) is 0.111. The number of aromatic carboxylic acids is 1. The Morgan fingerprint density at radius 1 is 1.35 bits per heavy atom. The fourth-order valence-corrected chi connectivity index (χ4v) is 1.70. The molecule has 0 atom stereocenters. The number of para-hydroxylation sites is 1. The topological polar surface area (TPSA) is 72.3 Å². The first-order valence-corrected chi connectivity index (χ1v) is 6.08. The lowest BCUT2D eigenvalue weighted by atomic mass is 10.3. The van der Waals surface area contributed by atoms with Gasteiger partial charge in [0.1, 0.15) is 11.0 Å². The summed E-state index contributed by atoms with van der Waals surface area (Å²) in [7, 11) is 0. The molecule has 1 aromatic heterocycles. The molecule has 0 bridgehead atoms. The van der Waals surface area contributed by atoms with Gasteiger partial charge in [-0.15, -0.1) is 0 Å². The van der Waals surface area contributed by atoms with E-state index in [-0.39, 0.29) is 35.4 Å². The minimum Gasteiger partial charge on any atom is -0.490 e. The molecule has 0 saturated carbocycles. The first kappa shape index (κ1) is 14.2. The summed E-state index contributed by atoms with van der Waals surface area (Å²) in [5.74, 6) is -1.31. The van der Waals surface area contributed by atoms with Crippen LogP contribution in [-0.4, -0.2) is 27.7 Å². The molecule has 0 spiro atoms. The second-order valence-electron chi connectivity index (χ2n) is 3.83. The van der Waals surface area contributed by atoms with E-state index < -0.39 is 11.8 Å². The minimum absolute atomic E-state index is 0.0401. The van der Waals surface area contributed by atoms with E-state index in [4.69, 9.17) is 21.4 Å². The maximum absolute atomic E-state index is 13.3. The highest BCUT2D eigenvalue weighted by Gasteiger charge is 2.10. The Balaban J connectivity index is 2.01. The number of ether oxygens (including phenoxy) is 1. The second-order valence-corrected chi connectivity index (χ2v) is 4.21. The van der Waals surface area contributed by atoms with Crippen molar-refractivity contribution in [3.05, 3.63) is 52.8 Å². The molecule has 0 fully saturated rings. The number of hydrogen-bond acceptors (Lipinski definition) is 4. The normalized spacial score (nSPS) is 10.3. The van der Waals surface area contributed by atoms with Gasteiger partial charge in [0, 0.05) is 12.5 Å². The van der Waals surface area contributed by atoms with Crippen molar-refractivity contribution in [3.63, 3.8) is 0 Å². The van der Waals surface area contributed by atoms with Crippen molar-refractivity contribution >= 4 is 17.6 Å². The predicted molar refractivity (Wildman–Crippen MR) is 69.6 cm³/mol. The van der Waals surface area contributed by atoms with Crippen LogP contribution in [0.5, 0.6) is 5.75 Å². The molecule has 7 heteroatoms. The van der Waals surface area contributed by atoms with Crippen LogP contribution in [0.4, 0.5) is 4.39 Å². The molecule has 104 valence electrons. The van der Waals surface area contributed by atoms with E-state index in [0.29, 0.717) is 0 Å². The largest absolute Gasteiger partial charge is 0.490 e. The first-order chi connectivity index (χ1) is 9.56. The van der Waals surface area contributed by atoms with Crippen molar-refractivity contribution in [3.8, 4) is 5.75 Å². The van der Waals surface area contributed by atoms with Crippen LogP contribution in [0.15, 0.2) is 30.3 Å². The van der Waals surface area contributed by atoms with E-state index in [1.54, 1.807) is 12.1 Å². The second kappa shape index (κ2) is 6.29. The maximum Gasteiger partial charge on any atom is 0.354 e. The standard InChI is InChI=1S/C13H10ClFN2O3/c14-11-7-9(13(18)19)16-12(17-11)5-6-20-10-4-2-1-3-8(10)15/h1-4,7H,5-6H2,(H,18,19). The van der Waals surface area contributed by atoms with E-state index in [1.165, 1.54) is 12.1 Å². The summed E-state index contributed by atoms with van der Waals surface area (Å²) in [6, 6.07) is 7.15. The third-order valence-electron chi connectivity index (χ3n) is 2.38. The SMILES string of the molecule is O=C(O)c1cc(Cl)nc(CCOc2ccccc2F)n1. The molecule has 0 saturated heterocycles. The van der Waals surface area contributed by atoms with E-state index in [9.17, 15) is 9.18 Å². The summed E-state index contributed by atoms with van der Waals surface area (Å²) in [5.41, 5.74) is -0.189. The van der Waals surface area contributed by atoms with Gasteiger partial charge in [-0.05, 0) is 12.1 Å². The molecule has 0 aliphatic rings. The molecule has 0 aliphatic carbocycles. The van der Waals surface area contributed by atoms with Crippen LogP contribution in [-0.2, 0) is 6.42 Å². The van der Waals surface area contributed by atoms with Crippen LogP contribution >= 0.6 is 11.6 Å². The number of benzene rings is 1. The third kappa shape index (κ3) is 3.64. The van der Waals surface area contributed by atoms with Crippen molar-refractivity contribution < 1.29 is 19.0 Å². The van der Waals surface area contributed by atoms with Gasteiger partial charge in [0.15, 0.2) is 17.3 Å². The lowest BCUT2D eigenvalue weighted by molar-refractivity contribution is 0.0689. The molecule has 0 radical (unpaired) electrons. The molecular formula is C13H10ClFN2O3. The molecule has 1 heterocycles. The highest BCUT2D eigenvalue weighted by molar-refractivity contribution is 6.29. The summed E-state index contributed by atoms with van der Waals surface area (Å²) in [5, 5.41) is 8.88. The minimum atomic E-state index is -1.19. The zero-order valence-corrected chi connectivity index (χ0v) is 11.0. The Bertz CT molecular complexity index is 637. The molecule has 20 heavy (non-hydrogen) atoms. The number of carbonyl (C=O) groups is 1. The molecule has 1 aromatic carbocycles. The van der Waals surface area contributed by atoms with Crippen LogP contribution in [0.3, 0.4) is 0 Å².